The van der Waals surface area contributed by atoms with E-state index in [1.54, 1.807) is 0 Å². The Kier molecular flexibility index (Phi) is 7.41. The number of rotatable bonds is 6. The zero-order valence-electron chi connectivity index (χ0n) is 27.0. The Balaban J connectivity index is 1.02. The highest BCUT2D eigenvalue weighted by Crippen LogP contribution is 2.33. The molecular formula is C45H29N5. The molecule has 0 aliphatic heterocycles. The zero-order valence-corrected chi connectivity index (χ0v) is 27.0. The lowest BCUT2D eigenvalue weighted by molar-refractivity contribution is 1.07. The number of fused-ring (bicyclic) bond motifs is 3. The van der Waals surface area contributed by atoms with Crippen LogP contribution >= 0.6 is 0 Å². The van der Waals surface area contributed by atoms with Gasteiger partial charge in [-0.25, -0.2) is 19.9 Å². The Morgan fingerprint density at radius 2 is 0.800 bits per heavy atom. The molecule has 0 fully saturated rings. The molecule has 3 heterocycles. The molecule has 50 heavy (non-hydrogen) atoms. The van der Waals surface area contributed by atoms with Crippen molar-refractivity contribution in [2.45, 2.75) is 0 Å². The van der Waals surface area contributed by atoms with E-state index in [9.17, 15) is 0 Å². The van der Waals surface area contributed by atoms with Crippen LogP contribution in [0.15, 0.2) is 176 Å². The first kappa shape index (κ1) is 29.3. The average molecular weight is 640 g/mol. The third kappa shape index (κ3) is 5.57. The topological polar surface area (TPSA) is 64.5 Å². The van der Waals surface area contributed by atoms with Crippen LogP contribution in [0.5, 0.6) is 0 Å². The lowest BCUT2D eigenvalue weighted by Crippen LogP contribution is -2.00. The van der Waals surface area contributed by atoms with Crippen molar-refractivity contribution in [3.05, 3.63) is 176 Å². The second-order valence-corrected chi connectivity index (χ2v) is 12.2. The second-order valence-electron chi connectivity index (χ2n) is 12.2. The molecule has 0 amide bonds. The SMILES string of the molecule is c1ccc(-c2nc(-c3ccccc3)nc(-c3cccc(-c4ccc(-c5ccc(-c6nc7ccccc7c7ccccc67)nc5)cc4)c3)n2)cc1. The Morgan fingerprint density at radius 3 is 1.44 bits per heavy atom. The van der Waals surface area contributed by atoms with Gasteiger partial charge in [-0.05, 0) is 40.3 Å². The smallest absolute Gasteiger partial charge is 0.164 e. The molecule has 9 aromatic rings. The molecule has 0 N–H and O–H groups in total. The van der Waals surface area contributed by atoms with E-state index in [0.29, 0.717) is 17.5 Å². The number of para-hydroxylation sites is 1. The molecular weight excluding hydrogens is 611 g/mol. The second kappa shape index (κ2) is 12.6. The van der Waals surface area contributed by atoms with Gasteiger partial charge >= 0.3 is 0 Å². The lowest BCUT2D eigenvalue weighted by Gasteiger charge is -2.11. The van der Waals surface area contributed by atoms with Gasteiger partial charge in [-0.15, -0.1) is 0 Å². The van der Waals surface area contributed by atoms with Gasteiger partial charge in [0.2, 0.25) is 0 Å². The molecule has 9 rings (SSSR count). The van der Waals surface area contributed by atoms with E-state index < -0.39 is 0 Å². The highest BCUT2D eigenvalue weighted by Gasteiger charge is 2.14. The van der Waals surface area contributed by atoms with Gasteiger partial charge in [0.1, 0.15) is 0 Å². The molecule has 3 aromatic heterocycles. The van der Waals surface area contributed by atoms with Crippen molar-refractivity contribution >= 4 is 21.7 Å². The minimum atomic E-state index is 0.635. The largest absolute Gasteiger partial charge is 0.254 e. The minimum absolute atomic E-state index is 0.635. The van der Waals surface area contributed by atoms with Crippen molar-refractivity contribution in [2.75, 3.05) is 0 Å². The number of pyridine rings is 2. The lowest BCUT2D eigenvalue weighted by atomic mass is 9.99. The van der Waals surface area contributed by atoms with Crippen molar-refractivity contribution in [1.29, 1.82) is 0 Å². The predicted octanol–water partition coefficient (Wildman–Crippen LogP) is 11.0. The van der Waals surface area contributed by atoms with E-state index in [1.807, 2.05) is 72.9 Å². The first-order valence-electron chi connectivity index (χ1n) is 16.6. The highest BCUT2D eigenvalue weighted by atomic mass is 15.0. The van der Waals surface area contributed by atoms with Crippen molar-refractivity contribution in [3.63, 3.8) is 0 Å². The molecule has 0 unspecified atom stereocenters. The van der Waals surface area contributed by atoms with Crippen LogP contribution in [0.3, 0.4) is 0 Å². The zero-order chi connectivity index (χ0) is 33.3. The summed E-state index contributed by atoms with van der Waals surface area (Å²) in [6.45, 7) is 0. The van der Waals surface area contributed by atoms with Crippen LogP contribution in [0, 0.1) is 0 Å². The van der Waals surface area contributed by atoms with Gasteiger partial charge in [-0.1, -0.05) is 152 Å². The summed E-state index contributed by atoms with van der Waals surface area (Å²) in [7, 11) is 0. The molecule has 0 aliphatic rings. The summed E-state index contributed by atoms with van der Waals surface area (Å²) in [5.41, 5.74) is 9.87. The van der Waals surface area contributed by atoms with E-state index in [0.717, 1.165) is 66.6 Å². The summed E-state index contributed by atoms with van der Waals surface area (Å²) in [6, 6.07) is 57.9. The van der Waals surface area contributed by atoms with Crippen LogP contribution in [0.25, 0.3) is 89.5 Å². The van der Waals surface area contributed by atoms with Crippen molar-refractivity contribution in [2.24, 2.45) is 0 Å². The third-order valence-corrected chi connectivity index (χ3v) is 8.99. The monoisotopic (exact) mass is 639 g/mol. The molecule has 0 spiro atoms. The molecule has 0 bridgehead atoms. The van der Waals surface area contributed by atoms with E-state index in [2.05, 4.69) is 103 Å². The standard InChI is InChI=1S/C45H29N5/c1-3-12-32(13-4-1)43-48-44(33-14-5-2-6-15-33)50-45(49-43)35-17-11-16-34(28-35)30-22-24-31(25-23-30)36-26-27-41(46-29-36)42-39-20-8-7-18-37(39)38-19-9-10-21-40(38)47-42/h1-29H. The third-order valence-electron chi connectivity index (χ3n) is 8.99. The van der Waals surface area contributed by atoms with Gasteiger partial charge in [-0.3, -0.25) is 4.98 Å². The fourth-order valence-electron chi connectivity index (χ4n) is 6.43. The number of benzene rings is 6. The molecule has 234 valence electrons. The van der Waals surface area contributed by atoms with E-state index in [-0.39, 0.29) is 0 Å². The first-order valence-corrected chi connectivity index (χ1v) is 16.6. The first-order chi connectivity index (χ1) is 24.8. The highest BCUT2D eigenvalue weighted by molar-refractivity contribution is 6.10. The summed E-state index contributed by atoms with van der Waals surface area (Å²) < 4.78 is 0. The average Bonchev–Trinajstić information content (AvgIpc) is 3.21. The van der Waals surface area contributed by atoms with Gasteiger partial charge < -0.3 is 0 Å². The Bertz CT molecular complexity index is 2560. The maximum Gasteiger partial charge on any atom is 0.164 e. The fourth-order valence-corrected chi connectivity index (χ4v) is 6.43. The quantitative estimate of drug-likeness (QED) is 0.169. The molecule has 0 aliphatic carbocycles. The summed E-state index contributed by atoms with van der Waals surface area (Å²) in [4.78, 5) is 24.6. The van der Waals surface area contributed by atoms with Gasteiger partial charge in [0, 0.05) is 39.2 Å². The van der Waals surface area contributed by atoms with Crippen molar-refractivity contribution in [1.82, 2.24) is 24.9 Å². The molecule has 6 aromatic carbocycles. The van der Waals surface area contributed by atoms with Crippen LogP contribution in [0.2, 0.25) is 0 Å². The van der Waals surface area contributed by atoms with Crippen molar-refractivity contribution < 1.29 is 0 Å². The normalized spacial score (nSPS) is 11.2. The Morgan fingerprint density at radius 1 is 0.300 bits per heavy atom. The molecule has 0 saturated heterocycles. The number of hydrogen-bond donors (Lipinski definition) is 0. The number of hydrogen-bond acceptors (Lipinski definition) is 5. The van der Waals surface area contributed by atoms with Crippen LogP contribution in [-0.4, -0.2) is 24.9 Å². The van der Waals surface area contributed by atoms with Crippen LogP contribution in [0.1, 0.15) is 0 Å². The van der Waals surface area contributed by atoms with Crippen LogP contribution in [-0.2, 0) is 0 Å². The minimum Gasteiger partial charge on any atom is -0.254 e. The maximum atomic E-state index is 5.02. The molecule has 5 nitrogen and oxygen atoms in total. The summed E-state index contributed by atoms with van der Waals surface area (Å²) in [6.07, 6.45) is 1.94. The van der Waals surface area contributed by atoms with Gasteiger partial charge in [0.05, 0.1) is 16.9 Å². The molecule has 0 saturated carbocycles. The van der Waals surface area contributed by atoms with Gasteiger partial charge in [0.25, 0.3) is 0 Å². The van der Waals surface area contributed by atoms with Crippen LogP contribution in [0.4, 0.5) is 0 Å². The van der Waals surface area contributed by atoms with Gasteiger partial charge in [-0.2, -0.15) is 0 Å². The Hall–Kier alpha value is -6.85. The number of nitrogens with zero attached hydrogens (tertiary/aromatic N) is 5. The van der Waals surface area contributed by atoms with E-state index in [1.165, 1.54) is 5.39 Å². The molecule has 5 heteroatoms. The summed E-state index contributed by atoms with van der Waals surface area (Å²) in [5, 5.41) is 3.43. The van der Waals surface area contributed by atoms with E-state index in [4.69, 9.17) is 24.9 Å². The molecule has 0 atom stereocenters. The molecule has 0 radical (unpaired) electrons. The number of aromatic nitrogens is 5. The summed E-state index contributed by atoms with van der Waals surface area (Å²) in [5.74, 6) is 1.93. The fraction of sp³-hybridized carbons (Fsp3) is 0. The van der Waals surface area contributed by atoms with Gasteiger partial charge in [0.15, 0.2) is 17.5 Å². The van der Waals surface area contributed by atoms with Crippen molar-refractivity contribution in [3.8, 4) is 67.8 Å². The predicted molar refractivity (Wildman–Crippen MR) is 203 cm³/mol. The summed E-state index contributed by atoms with van der Waals surface area (Å²) >= 11 is 0. The van der Waals surface area contributed by atoms with E-state index >= 15 is 0 Å². The Labute approximate surface area is 289 Å². The van der Waals surface area contributed by atoms with Crippen LogP contribution < -0.4 is 0 Å². The maximum absolute atomic E-state index is 5.02.